The topological polar surface area (TPSA) is 12.0 Å². The van der Waals surface area contributed by atoms with Crippen molar-refractivity contribution in [1.82, 2.24) is 5.32 Å². The molecule has 98 valence electrons. The van der Waals surface area contributed by atoms with Crippen molar-refractivity contribution in [2.75, 3.05) is 6.54 Å². The van der Waals surface area contributed by atoms with E-state index in [9.17, 15) is 0 Å². The fourth-order valence-corrected chi connectivity index (χ4v) is 2.92. The predicted octanol–water partition coefficient (Wildman–Crippen LogP) is 4.26. The lowest BCUT2D eigenvalue weighted by Crippen LogP contribution is -2.37. The summed E-state index contributed by atoms with van der Waals surface area (Å²) >= 11 is 0. The van der Waals surface area contributed by atoms with Crippen LogP contribution in [0.5, 0.6) is 0 Å². The summed E-state index contributed by atoms with van der Waals surface area (Å²) in [6, 6.07) is 11.1. The van der Waals surface area contributed by atoms with Crippen molar-refractivity contribution < 1.29 is 0 Å². The summed E-state index contributed by atoms with van der Waals surface area (Å²) in [5.74, 6) is 0. The average Bonchev–Trinajstić information content (AvgIpc) is 2.36. The van der Waals surface area contributed by atoms with Crippen LogP contribution in [0.1, 0.15) is 45.1 Å². The maximum absolute atomic E-state index is 4.18. The van der Waals surface area contributed by atoms with Crippen LogP contribution in [-0.2, 0) is 0 Å². The van der Waals surface area contributed by atoms with Gasteiger partial charge >= 0.3 is 0 Å². The van der Waals surface area contributed by atoms with Gasteiger partial charge in [-0.15, -0.1) is 0 Å². The van der Waals surface area contributed by atoms with Gasteiger partial charge in [0.2, 0.25) is 0 Å². The molecule has 1 atom stereocenters. The van der Waals surface area contributed by atoms with Crippen molar-refractivity contribution in [1.29, 1.82) is 0 Å². The second-order valence-electron chi connectivity index (χ2n) is 6.31. The Morgan fingerprint density at radius 3 is 2.72 bits per heavy atom. The van der Waals surface area contributed by atoms with Crippen LogP contribution in [0.2, 0.25) is 0 Å². The minimum Gasteiger partial charge on any atom is -0.310 e. The highest BCUT2D eigenvalue weighted by Gasteiger charge is 2.27. The Balaban J connectivity index is 1.83. The summed E-state index contributed by atoms with van der Waals surface area (Å²) in [7, 11) is 0. The van der Waals surface area contributed by atoms with Gasteiger partial charge in [0.25, 0.3) is 0 Å². The first-order chi connectivity index (χ1) is 8.57. The Morgan fingerprint density at radius 1 is 1.33 bits per heavy atom. The molecule has 0 saturated heterocycles. The molecule has 0 aliphatic heterocycles. The summed E-state index contributed by atoms with van der Waals surface area (Å²) in [5, 5.41) is 3.68. The van der Waals surface area contributed by atoms with Crippen molar-refractivity contribution in [3.05, 3.63) is 42.5 Å². The predicted molar refractivity (Wildman–Crippen MR) is 79.5 cm³/mol. The van der Waals surface area contributed by atoms with E-state index in [0.29, 0.717) is 11.5 Å². The van der Waals surface area contributed by atoms with Crippen LogP contribution in [0.3, 0.4) is 0 Å². The zero-order valence-corrected chi connectivity index (χ0v) is 11.7. The van der Waals surface area contributed by atoms with E-state index in [1.807, 2.05) is 6.07 Å². The number of hydrogen-bond acceptors (Lipinski definition) is 1. The molecule has 1 aliphatic rings. The summed E-state index contributed by atoms with van der Waals surface area (Å²) in [6.45, 7) is 9.85. The Morgan fingerprint density at radius 2 is 2.06 bits per heavy atom. The van der Waals surface area contributed by atoms with Crippen LogP contribution in [0.4, 0.5) is 0 Å². The molecular formula is C17H25N. The molecule has 1 saturated carbocycles. The van der Waals surface area contributed by atoms with Crippen LogP contribution < -0.4 is 5.32 Å². The molecule has 1 unspecified atom stereocenters. The quantitative estimate of drug-likeness (QED) is 0.833. The fourth-order valence-electron chi connectivity index (χ4n) is 2.92. The lowest BCUT2D eigenvalue weighted by atomic mass is 9.75. The van der Waals surface area contributed by atoms with Gasteiger partial charge < -0.3 is 5.32 Å². The SMILES string of the molecule is C=C(CNC1CCCC(C)(C)C1)c1ccccc1. The lowest BCUT2D eigenvalue weighted by molar-refractivity contribution is 0.202. The molecule has 1 aromatic carbocycles. The van der Waals surface area contributed by atoms with Gasteiger partial charge in [-0.1, -0.05) is 57.2 Å². The van der Waals surface area contributed by atoms with Crippen LogP contribution in [-0.4, -0.2) is 12.6 Å². The highest BCUT2D eigenvalue weighted by atomic mass is 14.9. The summed E-state index contributed by atoms with van der Waals surface area (Å²) in [4.78, 5) is 0. The minimum absolute atomic E-state index is 0.504. The number of hydrogen-bond donors (Lipinski definition) is 1. The van der Waals surface area contributed by atoms with E-state index < -0.39 is 0 Å². The maximum Gasteiger partial charge on any atom is 0.0208 e. The molecule has 2 rings (SSSR count). The van der Waals surface area contributed by atoms with Gasteiger partial charge in [0.05, 0.1) is 0 Å². The molecule has 0 radical (unpaired) electrons. The van der Waals surface area contributed by atoms with Gasteiger partial charge in [-0.25, -0.2) is 0 Å². The average molecular weight is 243 g/mol. The number of rotatable bonds is 4. The Hall–Kier alpha value is -1.08. The first-order valence-electron chi connectivity index (χ1n) is 7.03. The highest BCUT2D eigenvalue weighted by Crippen LogP contribution is 2.35. The standard InChI is InChI=1S/C17H25N/c1-14(15-8-5-4-6-9-15)13-18-16-10-7-11-17(2,3)12-16/h4-6,8-9,16,18H,1,7,10-13H2,2-3H3. The molecule has 0 amide bonds. The van der Waals surface area contributed by atoms with E-state index in [0.717, 1.165) is 6.54 Å². The second-order valence-corrected chi connectivity index (χ2v) is 6.31. The van der Waals surface area contributed by atoms with Crippen molar-refractivity contribution in [2.24, 2.45) is 5.41 Å². The van der Waals surface area contributed by atoms with Gasteiger partial charge in [-0.2, -0.15) is 0 Å². The van der Waals surface area contributed by atoms with Crippen LogP contribution in [0.25, 0.3) is 5.57 Å². The van der Waals surface area contributed by atoms with E-state index in [1.54, 1.807) is 0 Å². The van der Waals surface area contributed by atoms with Gasteiger partial charge in [-0.3, -0.25) is 0 Å². The molecule has 1 aliphatic carbocycles. The van der Waals surface area contributed by atoms with Gasteiger partial charge in [-0.05, 0) is 35.8 Å². The second kappa shape index (κ2) is 5.71. The molecule has 0 bridgehead atoms. The molecule has 18 heavy (non-hydrogen) atoms. The lowest BCUT2D eigenvalue weighted by Gasteiger charge is -2.35. The van der Waals surface area contributed by atoms with Crippen molar-refractivity contribution in [3.8, 4) is 0 Å². The fraction of sp³-hybridized carbons (Fsp3) is 0.529. The maximum atomic E-state index is 4.18. The van der Waals surface area contributed by atoms with Crippen molar-refractivity contribution in [3.63, 3.8) is 0 Å². The molecule has 1 aromatic rings. The molecule has 1 fully saturated rings. The zero-order valence-electron chi connectivity index (χ0n) is 11.7. The molecule has 1 N–H and O–H groups in total. The van der Waals surface area contributed by atoms with Gasteiger partial charge in [0, 0.05) is 12.6 Å². The summed E-state index contributed by atoms with van der Waals surface area (Å²) in [6.07, 6.45) is 5.31. The largest absolute Gasteiger partial charge is 0.310 e. The smallest absolute Gasteiger partial charge is 0.0208 e. The molecule has 0 aromatic heterocycles. The van der Waals surface area contributed by atoms with E-state index in [-0.39, 0.29) is 0 Å². The van der Waals surface area contributed by atoms with Crippen LogP contribution >= 0.6 is 0 Å². The molecule has 1 nitrogen and oxygen atoms in total. The van der Waals surface area contributed by atoms with Crippen LogP contribution in [0.15, 0.2) is 36.9 Å². The monoisotopic (exact) mass is 243 g/mol. The Kier molecular flexibility index (Phi) is 4.23. The van der Waals surface area contributed by atoms with Gasteiger partial charge in [0.15, 0.2) is 0 Å². The highest BCUT2D eigenvalue weighted by molar-refractivity contribution is 5.64. The van der Waals surface area contributed by atoms with Crippen molar-refractivity contribution >= 4 is 5.57 Å². The Labute approximate surface area is 111 Å². The van der Waals surface area contributed by atoms with Gasteiger partial charge in [0.1, 0.15) is 0 Å². The van der Waals surface area contributed by atoms with E-state index in [4.69, 9.17) is 0 Å². The van der Waals surface area contributed by atoms with E-state index >= 15 is 0 Å². The minimum atomic E-state index is 0.504. The molecule has 0 spiro atoms. The molecule has 0 heterocycles. The molecular weight excluding hydrogens is 218 g/mol. The summed E-state index contributed by atoms with van der Waals surface area (Å²) < 4.78 is 0. The summed E-state index contributed by atoms with van der Waals surface area (Å²) in [5.41, 5.74) is 2.95. The van der Waals surface area contributed by atoms with Crippen LogP contribution in [0, 0.1) is 5.41 Å². The molecule has 1 heteroatoms. The normalized spacial score (nSPS) is 22.7. The third kappa shape index (κ3) is 3.71. The van der Waals surface area contributed by atoms with Crippen molar-refractivity contribution in [2.45, 2.75) is 45.6 Å². The van der Waals surface area contributed by atoms with E-state index in [2.05, 4.69) is 50.0 Å². The first-order valence-corrected chi connectivity index (χ1v) is 7.03. The van der Waals surface area contributed by atoms with E-state index in [1.165, 1.54) is 36.8 Å². The zero-order chi connectivity index (χ0) is 13.0. The third-order valence-electron chi connectivity index (χ3n) is 3.99. The Bertz CT molecular complexity index is 391. The third-order valence-corrected chi connectivity index (χ3v) is 3.99. The first kappa shape index (κ1) is 13.4. The number of nitrogens with one attached hydrogen (secondary N) is 1. The number of benzene rings is 1.